The van der Waals surface area contributed by atoms with Crippen LogP contribution in [0.2, 0.25) is 0 Å². The molecular formula is C30H34F2N4O10. The Bertz CT molecular complexity index is 1610. The Morgan fingerprint density at radius 1 is 1.24 bits per heavy atom. The number of amides is 2. The minimum atomic E-state index is -1.65. The number of methoxy groups -OCH3 is 2. The van der Waals surface area contributed by atoms with Crippen molar-refractivity contribution in [1.82, 2.24) is 14.8 Å². The lowest BCUT2D eigenvalue weighted by atomic mass is 9.85. The number of ether oxygens (including phenoxy) is 4. The normalized spacial score (nSPS) is 22.4. The van der Waals surface area contributed by atoms with Crippen LogP contribution in [0.5, 0.6) is 0 Å². The molecule has 5 rings (SSSR count). The molecule has 2 N–H and O–H groups in total. The van der Waals surface area contributed by atoms with E-state index >= 15 is 0 Å². The van der Waals surface area contributed by atoms with Crippen LogP contribution >= 0.6 is 0 Å². The van der Waals surface area contributed by atoms with E-state index in [1.54, 1.807) is 4.90 Å². The second-order valence-corrected chi connectivity index (χ2v) is 11.3. The average Bonchev–Trinajstić information content (AvgIpc) is 3.40. The van der Waals surface area contributed by atoms with Gasteiger partial charge in [0.2, 0.25) is 11.3 Å². The highest BCUT2D eigenvalue weighted by Crippen LogP contribution is 2.46. The Morgan fingerprint density at radius 2 is 2.02 bits per heavy atom. The van der Waals surface area contributed by atoms with Crippen LogP contribution in [0.25, 0.3) is 0 Å². The lowest BCUT2D eigenvalue weighted by molar-refractivity contribution is -0.0661. The molecular weight excluding hydrogens is 614 g/mol. The average molecular weight is 649 g/mol. The standard InChI is InChI=1S/C30H34F2N4O10/c1-16-6-7-30(11-23(43-3)34-46-30)22-14-35(16)28(39)25-24(21(15-45-29(40)41)44-9-8-42-2)26(37)19(13-36(22)25)27(38)33-12-17-4-5-18(31)10-20(17)32/h4-5,10,13,16,21-22H,6-9,11-12,14-15H2,1-3H3,(H,33,38)(H,40,41)/t16-,21?,22+,30-/m0/s1. The van der Waals surface area contributed by atoms with Gasteiger partial charge < -0.3 is 43.7 Å². The summed E-state index contributed by atoms with van der Waals surface area (Å²) in [5.74, 6) is -2.82. The van der Waals surface area contributed by atoms with Crippen LogP contribution in [0, 0.1) is 11.6 Å². The molecule has 1 spiro atoms. The Labute approximate surface area is 261 Å². The second kappa shape index (κ2) is 13.4. The highest BCUT2D eigenvalue weighted by atomic mass is 19.1. The van der Waals surface area contributed by atoms with Gasteiger partial charge in [0.05, 0.1) is 38.3 Å². The molecule has 0 saturated carbocycles. The molecule has 0 aliphatic carbocycles. The number of carbonyl (C=O) groups excluding carboxylic acids is 2. The Balaban J connectivity index is 1.67. The first kappa shape index (κ1) is 32.8. The number of rotatable bonds is 10. The number of pyridine rings is 1. The summed E-state index contributed by atoms with van der Waals surface area (Å²) in [6.07, 6.45) is -0.617. The summed E-state index contributed by atoms with van der Waals surface area (Å²) >= 11 is 0. The highest BCUT2D eigenvalue weighted by molar-refractivity contribution is 5.98. The van der Waals surface area contributed by atoms with Crippen molar-refractivity contribution in [3.8, 4) is 0 Å². The van der Waals surface area contributed by atoms with E-state index in [-0.39, 0.29) is 55.6 Å². The van der Waals surface area contributed by atoms with Crippen molar-refractivity contribution < 1.29 is 52.1 Å². The lowest BCUT2D eigenvalue weighted by Crippen LogP contribution is -2.53. The van der Waals surface area contributed by atoms with E-state index in [0.717, 1.165) is 12.1 Å². The fourth-order valence-corrected chi connectivity index (χ4v) is 6.11. The summed E-state index contributed by atoms with van der Waals surface area (Å²) in [6, 6.07) is 1.90. The Hall–Kier alpha value is -4.57. The molecule has 248 valence electrons. The largest absolute Gasteiger partial charge is 0.505 e. The van der Waals surface area contributed by atoms with Crippen molar-refractivity contribution in [3.63, 3.8) is 0 Å². The number of carboxylic acid groups (broad SMARTS) is 1. The van der Waals surface area contributed by atoms with Crippen LogP contribution in [0.15, 0.2) is 34.3 Å². The van der Waals surface area contributed by atoms with Gasteiger partial charge in [-0.3, -0.25) is 14.4 Å². The molecule has 16 heteroatoms. The van der Waals surface area contributed by atoms with Gasteiger partial charge >= 0.3 is 6.16 Å². The summed E-state index contributed by atoms with van der Waals surface area (Å²) in [5, 5.41) is 15.9. The van der Waals surface area contributed by atoms with E-state index in [9.17, 15) is 33.1 Å². The predicted octanol–water partition coefficient (Wildman–Crippen LogP) is 2.75. The molecule has 3 aliphatic rings. The maximum atomic E-state index is 14.3. The van der Waals surface area contributed by atoms with E-state index < -0.39 is 65.0 Å². The van der Waals surface area contributed by atoms with Crippen LogP contribution in [-0.2, 0) is 30.3 Å². The highest BCUT2D eigenvalue weighted by Gasteiger charge is 2.55. The van der Waals surface area contributed by atoms with E-state index in [1.807, 2.05) is 6.92 Å². The zero-order valence-corrected chi connectivity index (χ0v) is 25.4. The predicted molar refractivity (Wildman–Crippen MR) is 154 cm³/mol. The van der Waals surface area contributed by atoms with Crippen LogP contribution in [0.1, 0.15) is 70.3 Å². The number of nitrogens with zero attached hydrogens (tertiary/aromatic N) is 3. The molecule has 1 aromatic carbocycles. The maximum absolute atomic E-state index is 14.3. The molecule has 4 atom stereocenters. The molecule has 1 saturated heterocycles. The minimum absolute atomic E-state index is 0.0326. The first-order chi connectivity index (χ1) is 22.0. The van der Waals surface area contributed by atoms with Crippen molar-refractivity contribution in [3.05, 3.63) is 68.6 Å². The van der Waals surface area contributed by atoms with E-state index in [2.05, 4.69) is 10.5 Å². The van der Waals surface area contributed by atoms with Gasteiger partial charge in [0.1, 0.15) is 35.6 Å². The fourth-order valence-electron chi connectivity index (χ4n) is 6.11. The minimum Gasteiger partial charge on any atom is -0.482 e. The number of carbonyl (C=O) groups is 3. The van der Waals surface area contributed by atoms with E-state index in [4.69, 9.17) is 23.8 Å². The molecule has 1 aromatic heterocycles. The number of nitrogens with one attached hydrogen (secondary N) is 1. The molecule has 4 heterocycles. The quantitative estimate of drug-likeness (QED) is 0.289. The molecule has 2 aromatic rings. The van der Waals surface area contributed by atoms with Gasteiger partial charge in [-0.2, -0.15) is 0 Å². The van der Waals surface area contributed by atoms with Gasteiger partial charge in [0.15, 0.2) is 5.60 Å². The van der Waals surface area contributed by atoms with Gasteiger partial charge in [-0.25, -0.2) is 13.6 Å². The molecule has 2 amide bonds. The van der Waals surface area contributed by atoms with Crippen LogP contribution in [0.3, 0.4) is 0 Å². The number of benzene rings is 1. The number of halogens is 2. The summed E-state index contributed by atoms with van der Waals surface area (Å²) in [5.41, 5.74) is -2.83. The van der Waals surface area contributed by atoms with Gasteiger partial charge in [-0.05, 0) is 25.8 Å². The zero-order valence-electron chi connectivity index (χ0n) is 25.4. The summed E-state index contributed by atoms with van der Waals surface area (Å²) in [6.45, 7) is 0.890. The molecule has 46 heavy (non-hydrogen) atoms. The topological polar surface area (TPSA) is 167 Å². The zero-order chi connectivity index (χ0) is 33.2. The molecule has 1 unspecified atom stereocenters. The van der Waals surface area contributed by atoms with Gasteiger partial charge in [0.25, 0.3) is 11.8 Å². The van der Waals surface area contributed by atoms with E-state index in [0.29, 0.717) is 24.8 Å². The van der Waals surface area contributed by atoms with Gasteiger partial charge in [-0.1, -0.05) is 11.2 Å². The number of oxime groups is 1. The monoisotopic (exact) mass is 648 g/mol. The van der Waals surface area contributed by atoms with Gasteiger partial charge in [0, 0.05) is 44.1 Å². The van der Waals surface area contributed by atoms with Gasteiger partial charge in [-0.15, -0.1) is 0 Å². The number of aromatic nitrogens is 1. The van der Waals surface area contributed by atoms with E-state index in [1.165, 1.54) is 25.0 Å². The number of fused-ring (bicyclic) bond motifs is 5. The molecule has 0 radical (unpaired) electrons. The first-order valence-corrected chi connectivity index (χ1v) is 14.6. The Morgan fingerprint density at radius 3 is 2.70 bits per heavy atom. The summed E-state index contributed by atoms with van der Waals surface area (Å²) in [4.78, 5) is 61.0. The van der Waals surface area contributed by atoms with Crippen LogP contribution in [-0.4, -0.2) is 90.7 Å². The number of hydrogen-bond acceptors (Lipinski definition) is 10. The summed E-state index contributed by atoms with van der Waals surface area (Å²) < 4.78 is 50.3. The SMILES string of the molecule is COCCOC(COC(=O)O)c1c2n(cc(C(=O)NCc3ccc(F)cc3F)c1=O)[C@@H]1CN(C2=O)[C@@H](C)CC[C@]12CC(OC)=NO2. The number of hydrogen-bond donors (Lipinski definition) is 2. The van der Waals surface area contributed by atoms with Crippen molar-refractivity contribution in [2.75, 3.05) is 40.6 Å². The Kier molecular flexibility index (Phi) is 9.58. The van der Waals surface area contributed by atoms with Crippen molar-refractivity contribution >= 4 is 23.9 Å². The second-order valence-electron chi connectivity index (χ2n) is 11.3. The molecule has 3 aliphatic heterocycles. The van der Waals surface area contributed by atoms with Crippen molar-refractivity contribution in [1.29, 1.82) is 0 Å². The molecule has 2 bridgehead atoms. The van der Waals surface area contributed by atoms with Crippen LogP contribution in [0.4, 0.5) is 13.6 Å². The van der Waals surface area contributed by atoms with Crippen LogP contribution < -0.4 is 10.7 Å². The third-order valence-electron chi connectivity index (χ3n) is 8.57. The summed E-state index contributed by atoms with van der Waals surface area (Å²) in [7, 11) is 2.87. The third kappa shape index (κ3) is 6.26. The van der Waals surface area contributed by atoms with Crippen molar-refractivity contribution in [2.45, 2.75) is 56.5 Å². The maximum Gasteiger partial charge on any atom is 0.505 e. The fraction of sp³-hybridized carbons (Fsp3) is 0.500. The van der Waals surface area contributed by atoms with Crippen molar-refractivity contribution in [2.24, 2.45) is 5.16 Å². The third-order valence-corrected chi connectivity index (χ3v) is 8.57. The molecule has 14 nitrogen and oxygen atoms in total. The first-order valence-electron chi connectivity index (χ1n) is 14.6. The molecule has 1 fully saturated rings. The smallest absolute Gasteiger partial charge is 0.482 e. The lowest BCUT2D eigenvalue weighted by Gasteiger charge is -2.42.